The van der Waals surface area contributed by atoms with E-state index < -0.39 is 5.56 Å². The number of aromatic amines is 1. The third kappa shape index (κ3) is 3.35. The van der Waals surface area contributed by atoms with Crippen LogP contribution in [0.3, 0.4) is 0 Å². The molecule has 0 aliphatic carbocycles. The summed E-state index contributed by atoms with van der Waals surface area (Å²) >= 11 is 0. The maximum absolute atomic E-state index is 12.6. The molecule has 1 aliphatic rings. The number of anilines is 1. The molecule has 1 aromatic carbocycles. The molecule has 168 valence electrons. The summed E-state index contributed by atoms with van der Waals surface area (Å²) in [6.45, 7) is 6.78. The number of H-pyrrole nitrogens is 1. The smallest absolute Gasteiger partial charge is 0.298 e. The van der Waals surface area contributed by atoms with Crippen molar-refractivity contribution in [1.29, 1.82) is 0 Å². The van der Waals surface area contributed by atoms with Crippen molar-refractivity contribution in [2.24, 2.45) is 0 Å². The minimum Gasteiger partial charge on any atom is -0.454 e. The number of nitrogens with zero attached hydrogens (tertiary/aromatic N) is 4. The number of benzene rings is 1. The van der Waals surface area contributed by atoms with Crippen LogP contribution in [0.15, 0.2) is 27.4 Å². The van der Waals surface area contributed by atoms with Crippen molar-refractivity contribution in [3.8, 4) is 23.3 Å². The van der Waals surface area contributed by atoms with Gasteiger partial charge in [-0.25, -0.2) is 5.10 Å². The molecule has 1 aliphatic heterocycles. The molecule has 3 aromatic heterocycles. The van der Waals surface area contributed by atoms with E-state index in [1.807, 2.05) is 30.7 Å². The number of hydrogen-bond acceptors (Lipinski definition) is 6. The highest BCUT2D eigenvalue weighted by molar-refractivity contribution is 6.01. The van der Waals surface area contributed by atoms with E-state index in [1.54, 1.807) is 11.8 Å². The van der Waals surface area contributed by atoms with E-state index in [0.717, 1.165) is 22.1 Å². The number of amides is 1. The number of aromatic nitrogens is 4. The molecule has 1 fully saturated rings. The maximum atomic E-state index is 12.6. The minimum atomic E-state index is -0.408. The molecule has 4 aromatic rings. The largest absolute Gasteiger partial charge is 0.454 e. The monoisotopic (exact) mass is 444 g/mol. The van der Waals surface area contributed by atoms with Gasteiger partial charge in [-0.15, -0.1) is 0 Å². The molecule has 0 spiro atoms. The van der Waals surface area contributed by atoms with Crippen LogP contribution in [0.1, 0.15) is 36.9 Å². The van der Waals surface area contributed by atoms with Gasteiger partial charge in [0.25, 0.3) is 11.5 Å². The Balaban J connectivity index is 1.68. The summed E-state index contributed by atoms with van der Waals surface area (Å²) in [5.74, 6) is 5.90. The fraction of sp³-hybridized carbons (Fsp3) is 0.333. The first-order valence-electron chi connectivity index (χ1n) is 10.9. The molecule has 1 amide bonds. The lowest BCUT2D eigenvalue weighted by Gasteiger charge is -2.31. The van der Waals surface area contributed by atoms with Gasteiger partial charge in [-0.1, -0.05) is 17.6 Å². The Labute approximate surface area is 189 Å². The third-order valence-electron chi connectivity index (χ3n) is 6.30. The average Bonchev–Trinajstić information content (AvgIpc) is 3.36. The molecule has 0 radical (unpaired) electrons. The van der Waals surface area contributed by atoms with Crippen molar-refractivity contribution >= 4 is 33.6 Å². The lowest BCUT2D eigenvalue weighted by atomic mass is 10.0. The van der Waals surface area contributed by atoms with Gasteiger partial charge in [0, 0.05) is 24.0 Å². The van der Waals surface area contributed by atoms with Crippen molar-refractivity contribution in [3.05, 3.63) is 39.7 Å². The van der Waals surface area contributed by atoms with Crippen LogP contribution in [0.25, 0.3) is 33.3 Å². The summed E-state index contributed by atoms with van der Waals surface area (Å²) in [5.41, 5.74) is 9.51. The number of likely N-dealkylation sites (tertiary alicyclic amines) is 1. The van der Waals surface area contributed by atoms with E-state index >= 15 is 0 Å². The van der Waals surface area contributed by atoms with Gasteiger partial charge in [-0.3, -0.25) is 14.3 Å². The Kier molecular flexibility index (Phi) is 4.93. The molecule has 5 rings (SSSR count). The molecule has 3 N–H and O–H groups in total. The number of piperidine rings is 1. The third-order valence-corrected chi connectivity index (χ3v) is 6.30. The second-order valence-electron chi connectivity index (χ2n) is 8.41. The van der Waals surface area contributed by atoms with Gasteiger partial charge >= 0.3 is 0 Å². The standard InChI is InChI=1S/C24H24N6O3/c1-4-5-18(31)29-10-8-15(9-11-29)30-21(19-20(28-30)24(32)27-26-23(19)25)22-14(3)16-12-13(2)6-7-17(16)33-22/h6-7,12,15H,8-11H2,1-3H3,(H2,25,26)(H,27,32). The van der Waals surface area contributed by atoms with Crippen molar-refractivity contribution in [1.82, 2.24) is 24.9 Å². The molecule has 0 bridgehead atoms. The van der Waals surface area contributed by atoms with Crippen LogP contribution in [-0.2, 0) is 4.79 Å². The van der Waals surface area contributed by atoms with Crippen LogP contribution < -0.4 is 11.3 Å². The molecule has 9 heteroatoms. The molecule has 0 unspecified atom stereocenters. The number of carbonyl (C=O) groups is 1. The van der Waals surface area contributed by atoms with Gasteiger partial charge in [0.1, 0.15) is 11.3 Å². The van der Waals surface area contributed by atoms with Crippen LogP contribution in [-0.4, -0.2) is 43.9 Å². The topological polar surface area (TPSA) is 123 Å². The van der Waals surface area contributed by atoms with Gasteiger partial charge in [0.15, 0.2) is 17.1 Å². The number of nitrogens with two attached hydrogens (primary N) is 1. The number of nitrogen functional groups attached to an aromatic ring is 1. The lowest BCUT2D eigenvalue weighted by molar-refractivity contribution is -0.126. The minimum absolute atomic E-state index is 0.0424. The van der Waals surface area contributed by atoms with E-state index in [9.17, 15) is 9.59 Å². The summed E-state index contributed by atoms with van der Waals surface area (Å²) in [6.07, 6.45) is 1.34. The Morgan fingerprint density at radius 3 is 2.76 bits per heavy atom. The number of hydrogen-bond donors (Lipinski definition) is 2. The van der Waals surface area contributed by atoms with Crippen LogP contribution in [0.5, 0.6) is 0 Å². The first-order valence-corrected chi connectivity index (χ1v) is 10.9. The zero-order valence-corrected chi connectivity index (χ0v) is 18.7. The Hall–Kier alpha value is -4.06. The van der Waals surface area contributed by atoms with Gasteiger partial charge < -0.3 is 15.1 Å². The Morgan fingerprint density at radius 1 is 1.27 bits per heavy atom. The second-order valence-corrected chi connectivity index (χ2v) is 8.41. The van der Waals surface area contributed by atoms with Crippen molar-refractivity contribution in [3.63, 3.8) is 0 Å². The van der Waals surface area contributed by atoms with Crippen LogP contribution >= 0.6 is 0 Å². The zero-order chi connectivity index (χ0) is 23.3. The second kappa shape index (κ2) is 7.81. The van der Waals surface area contributed by atoms with E-state index in [2.05, 4.69) is 33.2 Å². The van der Waals surface area contributed by atoms with E-state index in [4.69, 9.17) is 10.2 Å². The van der Waals surface area contributed by atoms with Gasteiger partial charge in [0.2, 0.25) is 0 Å². The summed E-state index contributed by atoms with van der Waals surface area (Å²) in [5, 5.41) is 12.5. The number of nitrogens with one attached hydrogen (secondary N) is 1. The number of aryl methyl sites for hydroxylation is 2. The number of fused-ring (bicyclic) bond motifs is 2. The molecule has 4 heterocycles. The molecule has 0 saturated carbocycles. The highest BCUT2D eigenvalue weighted by atomic mass is 16.3. The van der Waals surface area contributed by atoms with E-state index in [1.165, 1.54) is 0 Å². The summed E-state index contributed by atoms with van der Waals surface area (Å²) in [7, 11) is 0. The van der Waals surface area contributed by atoms with Crippen LogP contribution in [0.4, 0.5) is 5.82 Å². The van der Waals surface area contributed by atoms with Gasteiger partial charge in [-0.05, 0) is 51.7 Å². The normalized spacial score (nSPS) is 14.6. The molecular formula is C24H24N6O3. The quantitative estimate of drug-likeness (QED) is 0.458. The molecular weight excluding hydrogens is 420 g/mol. The van der Waals surface area contributed by atoms with Crippen molar-refractivity contribution in [2.45, 2.75) is 39.7 Å². The first-order chi connectivity index (χ1) is 15.9. The van der Waals surface area contributed by atoms with E-state index in [0.29, 0.717) is 42.8 Å². The predicted molar refractivity (Wildman–Crippen MR) is 126 cm³/mol. The van der Waals surface area contributed by atoms with Gasteiger partial charge in [-0.2, -0.15) is 10.2 Å². The fourth-order valence-electron chi connectivity index (χ4n) is 4.60. The van der Waals surface area contributed by atoms with Crippen molar-refractivity contribution in [2.75, 3.05) is 18.8 Å². The molecule has 0 atom stereocenters. The maximum Gasteiger partial charge on any atom is 0.298 e. The number of furan rings is 1. The summed E-state index contributed by atoms with van der Waals surface area (Å²) in [4.78, 5) is 26.5. The Morgan fingerprint density at radius 2 is 2.03 bits per heavy atom. The predicted octanol–water partition coefficient (Wildman–Crippen LogP) is 2.92. The molecule has 33 heavy (non-hydrogen) atoms. The van der Waals surface area contributed by atoms with Crippen LogP contribution in [0.2, 0.25) is 0 Å². The molecule has 1 saturated heterocycles. The molecule has 9 nitrogen and oxygen atoms in total. The highest BCUT2D eigenvalue weighted by Crippen LogP contribution is 2.40. The SMILES string of the molecule is CC#CC(=O)N1CCC(n2nc3c(=O)[nH]nc(N)c3c2-c2oc3ccc(C)cc3c2C)CC1. The number of carbonyl (C=O) groups excluding carboxylic acids is 1. The fourth-order valence-corrected chi connectivity index (χ4v) is 4.60. The number of rotatable bonds is 2. The lowest BCUT2D eigenvalue weighted by Crippen LogP contribution is -2.38. The van der Waals surface area contributed by atoms with Gasteiger partial charge in [0.05, 0.1) is 11.4 Å². The zero-order valence-electron chi connectivity index (χ0n) is 18.7. The summed E-state index contributed by atoms with van der Waals surface area (Å²) in [6, 6.07) is 5.97. The average molecular weight is 444 g/mol. The van der Waals surface area contributed by atoms with E-state index in [-0.39, 0.29) is 23.3 Å². The first kappa shape index (κ1) is 20.8. The van der Waals surface area contributed by atoms with Crippen LogP contribution in [0, 0.1) is 25.7 Å². The summed E-state index contributed by atoms with van der Waals surface area (Å²) < 4.78 is 8.12. The van der Waals surface area contributed by atoms with Crippen molar-refractivity contribution < 1.29 is 9.21 Å². The highest BCUT2D eigenvalue weighted by Gasteiger charge is 2.30. The Bertz CT molecular complexity index is 1520.